The standard InChI is InChI=1S/C23H19N3S/c1-14(2)20-11-16(12-23(25)26-20)17(13-24)9-15-7-8-22-19(10-15)18-5-3-4-6-21(18)27-22/h3-12,14H,1-2H3,(H2,25,26)/b17-9+. The van der Waals surface area contributed by atoms with Gasteiger partial charge in [0.15, 0.2) is 0 Å². The number of allylic oxidation sites excluding steroid dienone is 1. The number of nitrogen functional groups attached to an aromatic ring is 1. The highest BCUT2D eigenvalue weighted by atomic mass is 32.1. The van der Waals surface area contributed by atoms with Crippen LogP contribution in [-0.4, -0.2) is 4.98 Å². The van der Waals surface area contributed by atoms with E-state index in [1.807, 2.05) is 12.1 Å². The first-order valence-corrected chi connectivity index (χ1v) is 9.68. The van der Waals surface area contributed by atoms with Crippen molar-refractivity contribution in [2.24, 2.45) is 0 Å². The monoisotopic (exact) mass is 369 g/mol. The highest BCUT2D eigenvalue weighted by molar-refractivity contribution is 7.25. The van der Waals surface area contributed by atoms with Gasteiger partial charge in [0.1, 0.15) is 5.82 Å². The van der Waals surface area contributed by atoms with E-state index < -0.39 is 0 Å². The molecule has 0 aliphatic heterocycles. The van der Waals surface area contributed by atoms with Gasteiger partial charge in [-0.1, -0.05) is 38.1 Å². The zero-order valence-electron chi connectivity index (χ0n) is 15.2. The fraction of sp³-hybridized carbons (Fsp3) is 0.130. The highest BCUT2D eigenvalue weighted by Crippen LogP contribution is 2.34. The lowest BCUT2D eigenvalue weighted by atomic mass is 10.00. The van der Waals surface area contributed by atoms with Gasteiger partial charge in [-0.2, -0.15) is 5.26 Å². The number of thiophene rings is 1. The number of hydrogen-bond donors (Lipinski definition) is 1. The summed E-state index contributed by atoms with van der Waals surface area (Å²) in [5.41, 5.74) is 9.25. The van der Waals surface area contributed by atoms with Gasteiger partial charge in [-0.25, -0.2) is 4.98 Å². The number of anilines is 1. The Morgan fingerprint density at radius 2 is 1.85 bits per heavy atom. The van der Waals surface area contributed by atoms with E-state index in [1.165, 1.54) is 20.2 Å². The summed E-state index contributed by atoms with van der Waals surface area (Å²) < 4.78 is 2.53. The maximum absolute atomic E-state index is 9.73. The van der Waals surface area contributed by atoms with Gasteiger partial charge >= 0.3 is 0 Å². The Kier molecular flexibility index (Phi) is 4.39. The lowest BCUT2D eigenvalue weighted by Crippen LogP contribution is -1.99. The van der Waals surface area contributed by atoms with Gasteiger partial charge in [0.05, 0.1) is 11.6 Å². The van der Waals surface area contributed by atoms with Gasteiger partial charge in [0, 0.05) is 25.9 Å². The second kappa shape index (κ2) is 6.86. The van der Waals surface area contributed by atoms with E-state index in [1.54, 1.807) is 17.4 Å². The molecule has 0 saturated carbocycles. The molecule has 4 heteroatoms. The van der Waals surface area contributed by atoms with Gasteiger partial charge < -0.3 is 5.73 Å². The largest absolute Gasteiger partial charge is 0.384 e. The van der Waals surface area contributed by atoms with E-state index in [2.05, 4.69) is 67.4 Å². The molecule has 27 heavy (non-hydrogen) atoms. The van der Waals surface area contributed by atoms with Crippen molar-refractivity contribution in [3.8, 4) is 6.07 Å². The third-order valence-corrected chi connectivity index (χ3v) is 5.75. The fourth-order valence-electron chi connectivity index (χ4n) is 3.21. The van der Waals surface area contributed by atoms with Gasteiger partial charge in [-0.15, -0.1) is 11.3 Å². The highest BCUT2D eigenvalue weighted by Gasteiger charge is 2.09. The van der Waals surface area contributed by atoms with Crippen LogP contribution in [0.4, 0.5) is 5.82 Å². The van der Waals surface area contributed by atoms with Crippen LogP contribution in [0.15, 0.2) is 54.6 Å². The van der Waals surface area contributed by atoms with E-state index in [0.29, 0.717) is 11.4 Å². The van der Waals surface area contributed by atoms with E-state index in [9.17, 15) is 5.26 Å². The van der Waals surface area contributed by atoms with Crippen molar-refractivity contribution < 1.29 is 0 Å². The molecule has 4 rings (SSSR count). The maximum Gasteiger partial charge on any atom is 0.124 e. The molecular formula is C23H19N3S. The molecule has 0 spiro atoms. The van der Waals surface area contributed by atoms with Crippen molar-refractivity contribution in [2.45, 2.75) is 19.8 Å². The summed E-state index contributed by atoms with van der Waals surface area (Å²) in [5.74, 6) is 0.692. The van der Waals surface area contributed by atoms with Crippen LogP contribution in [0.25, 0.3) is 31.8 Å². The van der Waals surface area contributed by atoms with Crippen molar-refractivity contribution in [3.05, 3.63) is 71.4 Å². The molecule has 2 N–H and O–H groups in total. The fourth-order valence-corrected chi connectivity index (χ4v) is 4.29. The van der Waals surface area contributed by atoms with Crippen LogP contribution in [-0.2, 0) is 0 Å². The van der Waals surface area contributed by atoms with Crippen molar-refractivity contribution in [2.75, 3.05) is 5.73 Å². The van der Waals surface area contributed by atoms with E-state index in [4.69, 9.17) is 5.73 Å². The first-order chi connectivity index (χ1) is 13.0. The smallest absolute Gasteiger partial charge is 0.124 e. The van der Waals surface area contributed by atoms with Crippen LogP contribution in [0.1, 0.15) is 36.6 Å². The van der Waals surface area contributed by atoms with E-state index in [0.717, 1.165) is 16.8 Å². The molecule has 0 amide bonds. The Bertz CT molecular complexity index is 1230. The van der Waals surface area contributed by atoms with Crippen LogP contribution >= 0.6 is 11.3 Å². The van der Waals surface area contributed by atoms with E-state index in [-0.39, 0.29) is 5.92 Å². The molecule has 0 radical (unpaired) electrons. The number of pyridine rings is 1. The molecule has 0 aliphatic rings. The minimum atomic E-state index is 0.251. The molecule has 0 atom stereocenters. The number of nitrogens with two attached hydrogens (primary N) is 1. The number of benzene rings is 2. The summed E-state index contributed by atoms with van der Waals surface area (Å²) >= 11 is 1.79. The number of fused-ring (bicyclic) bond motifs is 3. The maximum atomic E-state index is 9.73. The number of hydrogen-bond acceptors (Lipinski definition) is 4. The molecule has 2 aromatic carbocycles. The van der Waals surface area contributed by atoms with Crippen LogP contribution in [0.2, 0.25) is 0 Å². The van der Waals surface area contributed by atoms with Crippen LogP contribution in [0.3, 0.4) is 0 Å². The normalized spacial score (nSPS) is 12.0. The third kappa shape index (κ3) is 3.30. The number of aromatic nitrogens is 1. The van der Waals surface area contributed by atoms with Gasteiger partial charge in [-0.05, 0) is 53.5 Å². The predicted molar refractivity (Wildman–Crippen MR) is 116 cm³/mol. The van der Waals surface area contributed by atoms with Crippen LogP contribution < -0.4 is 5.73 Å². The Hall–Kier alpha value is -3.16. The Balaban J connectivity index is 1.83. The summed E-state index contributed by atoms with van der Waals surface area (Å²) in [6.45, 7) is 4.13. The van der Waals surface area contributed by atoms with Crippen molar-refractivity contribution in [3.63, 3.8) is 0 Å². The number of nitriles is 1. The molecule has 0 unspecified atom stereocenters. The summed E-state index contributed by atoms with van der Waals surface area (Å²) in [4.78, 5) is 4.37. The SMILES string of the molecule is CC(C)c1cc(/C(C#N)=C/c2ccc3sc4ccccc4c3c2)cc(N)n1. The Labute approximate surface area is 162 Å². The molecule has 0 fully saturated rings. The van der Waals surface area contributed by atoms with Crippen LogP contribution in [0.5, 0.6) is 0 Å². The summed E-state index contributed by atoms with van der Waals surface area (Å²) in [7, 11) is 0. The lowest BCUT2D eigenvalue weighted by Gasteiger charge is -2.08. The minimum absolute atomic E-state index is 0.251. The number of rotatable bonds is 3. The average Bonchev–Trinajstić information content (AvgIpc) is 3.03. The van der Waals surface area contributed by atoms with Gasteiger partial charge in [0.2, 0.25) is 0 Å². The van der Waals surface area contributed by atoms with Crippen LogP contribution in [0, 0.1) is 11.3 Å². The molecule has 0 aliphatic carbocycles. The van der Waals surface area contributed by atoms with Gasteiger partial charge in [-0.3, -0.25) is 0 Å². The first-order valence-electron chi connectivity index (χ1n) is 8.86. The molecule has 4 aromatic rings. The minimum Gasteiger partial charge on any atom is -0.384 e. The van der Waals surface area contributed by atoms with Crippen molar-refractivity contribution >= 4 is 49.0 Å². The molecule has 3 nitrogen and oxygen atoms in total. The molecule has 0 bridgehead atoms. The summed E-state index contributed by atoms with van der Waals surface area (Å²) in [5, 5.41) is 12.2. The molecule has 0 saturated heterocycles. The number of nitrogens with zero attached hydrogens (tertiary/aromatic N) is 2. The molecule has 2 heterocycles. The third-order valence-electron chi connectivity index (χ3n) is 4.60. The average molecular weight is 369 g/mol. The molecular weight excluding hydrogens is 350 g/mol. The predicted octanol–water partition coefficient (Wildman–Crippen LogP) is 6.22. The first kappa shape index (κ1) is 17.3. The zero-order valence-corrected chi connectivity index (χ0v) is 16.0. The lowest BCUT2D eigenvalue weighted by molar-refractivity contribution is 0.824. The second-order valence-corrected chi connectivity index (χ2v) is 7.97. The summed E-state index contributed by atoms with van der Waals surface area (Å²) in [6, 6.07) is 20.8. The topological polar surface area (TPSA) is 62.7 Å². The van der Waals surface area contributed by atoms with Crippen molar-refractivity contribution in [1.82, 2.24) is 4.98 Å². The van der Waals surface area contributed by atoms with E-state index >= 15 is 0 Å². The van der Waals surface area contributed by atoms with Crippen molar-refractivity contribution in [1.29, 1.82) is 5.26 Å². The Morgan fingerprint density at radius 3 is 2.63 bits per heavy atom. The quantitative estimate of drug-likeness (QED) is 0.436. The second-order valence-electron chi connectivity index (χ2n) is 6.88. The zero-order chi connectivity index (χ0) is 19.0. The molecule has 132 valence electrons. The Morgan fingerprint density at radius 1 is 1.07 bits per heavy atom. The summed E-state index contributed by atoms with van der Waals surface area (Å²) in [6.07, 6.45) is 1.92. The molecule has 2 aromatic heterocycles. The van der Waals surface area contributed by atoms with Gasteiger partial charge in [0.25, 0.3) is 0 Å².